The fourth-order valence-corrected chi connectivity index (χ4v) is 6.15. The van der Waals surface area contributed by atoms with Crippen molar-refractivity contribution in [3.8, 4) is 0 Å². The van der Waals surface area contributed by atoms with E-state index in [1.807, 2.05) is 6.92 Å². The average Bonchev–Trinajstić information content (AvgIpc) is 3.51. The second-order valence-corrected chi connectivity index (χ2v) is 10.8. The van der Waals surface area contributed by atoms with Gasteiger partial charge in [-0.05, 0) is 55.7 Å². The van der Waals surface area contributed by atoms with E-state index in [0.717, 1.165) is 49.4 Å². The lowest BCUT2D eigenvalue weighted by molar-refractivity contribution is -0.0605. The Labute approximate surface area is 211 Å². The van der Waals surface area contributed by atoms with Crippen LogP contribution in [0, 0.1) is 28.6 Å². The van der Waals surface area contributed by atoms with Crippen LogP contribution in [0.2, 0.25) is 0 Å². The number of fused-ring (bicyclic) bond motifs is 1. The van der Waals surface area contributed by atoms with Gasteiger partial charge < -0.3 is 21.0 Å². The maximum Gasteiger partial charge on any atom is 0.429 e. The van der Waals surface area contributed by atoms with Crippen LogP contribution < -0.4 is 5.32 Å². The number of hydrogen-bond donors (Lipinski definition) is 3. The Bertz CT molecular complexity index is 1110. The number of aromatic nitrogens is 1. The highest BCUT2D eigenvalue weighted by Gasteiger charge is 2.38. The van der Waals surface area contributed by atoms with Crippen LogP contribution in [0.1, 0.15) is 61.4 Å². The molecule has 1 aromatic heterocycles. The van der Waals surface area contributed by atoms with Crippen molar-refractivity contribution in [2.24, 2.45) is 17.8 Å². The standard InChI is InChI=1S/C25H31F4N5OS/c1-13(14(2)23(35)20-12-36-24(33-20)18(30)10-21(31)25(27,28)29)16-4-3-5-17(26)22(16)34-9-7-15-6-8-32-19(15)11-34/h5,12-15,19,30-32H,3-4,6-11H2,1-2H3. The molecule has 3 heterocycles. The molecule has 2 fully saturated rings. The molecule has 196 valence electrons. The maximum absolute atomic E-state index is 15.2. The molecular weight excluding hydrogens is 494 g/mol. The van der Waals surface area contributed by atoms with E-state index < -0.39 is 29.9 Å². The van der Waals surface area contributed by atoms with Crippen LogP contribution in [0.3, 0.4) is 0 Å². The van der Waals surface area contributed by atoms with Crippen LogP contribution in [-0.2, 0) is 0 Å². The molecule has 2 saturated heterocycles. The van der Waals surface area contributed by atoms with E-state index in [9.17, 15) is 18.0 Å². The fraction of sp³-hybridized carbons (Fsp3) is 0.600. The molecule has 0 bridgehead atoms. The summed E-state index contributed by atoms with van der Waals surface area (Å²) in [6.07, 6.45) is -0.708. The Morgan fingerprint density at radius 2 is 2.06 bits per heavy atom. The van der Waals surface area contributed by atoms with E-state index in [-0.39, 0.29) is 28.2 Å². The molecule has 4 unspecified atom stereocenters. The zero-order valence-electron chi connectivity index (χ0n) is 20.3. The minimum atomic E-state index is -4.80. The zero-order chi connectivity index (χ0) is 26.2. The number of hydrogen-bond acceptors (Lipinski definition) is 7. The zero-order valence-corrected chi connectivity index (χ0v) is 21.2. The van der Waals surface area contributed by atoms with Gasteiger partial charge in [0.2, 0.25) is 0 Å². The molecule has 3 aliphatic rings. The summed E-state index contributed by atoms with van der Waals surface area (Å²) in [6.45, 7) is 6.19. The summed E-state index contributed by atoms with van der Waals surface area (Å²) in [5.41, 5.74) is -0.375. The van der Waals surface area contributed by atoms with Crippen LogP contribution in [-0.4, -0.2) is 58.9 Å². The number of carbonyl (C=O) groups is 1. The van der Waals surface area contributed by atoms with E-state index in [4.69, 9.17) is 10.8 Å². The minimum Gasteiger partial charge on any atom is -0.368 e. The van der Waals surface area contributed by atoms with Crippen molar-refractivity contribution in [1.82, 2.24) is 15.2 Å². The lowest BCUT2D eigenvalue weighted by atomic mass is 9.79. The number of nitrogens with zero attached hydrogens (tertiary/aromatic N) is 2. The van der Waals surface area contributed by atoms with Crippen LogP contribution in [0.5, 0.6) is 0 Å². The normalized spacial score (nSPS) is 24.3. The number of piperidine rings is 1. The number of nitrogens with one attached hydrogen (secondary N) is 3. The molecule has 11 heteroatoms. The van der Waals surface area contributed by atoms with Gasteiger partial charge in [0, 0.05) is 36.9 Å². The summed E-state index contributed by atoms with van der Waals surface area (Å²) in [7, 11) is 0. The lowest BCUT2D eigenvalue weighted by Crippen LogP contribution is -2.46. The smallest absolute Gasteiger partial charge is 0.368 e. The molecular formula is C25H31F4N5OS. The maximum atomic E-state index is 15.2. The van der Waals surface area contributed by atoms with Crippen LogP contribution >= 0.6 is 11.3 Å². The molecule has 36 heavy (non-hydrogen) atoms. The topological polar surface area (TPSA) is 92.9 Å². The van der Waals surface area contributed by atoms with E-state index in [0.29, 0.717) is 30.5 Å². The third-order valence-corrected chi connectivity index (χ3v) is 8.59. The molecule has 0 aromatic carbocycles. The van der Waals surface area contributed by atoms with Gasteiger partial charge >= 0.3 is 6.18 Å². The van der Waals surface area contributed by atoms with Crippen molar-refractivity contribution in [1.29, 1.82) is 10.8 Å². The van der Waals surface area contributed by atoms with Gasteiger partial charge in [-0.3, -0.25) is 4.79 Å². The van der Waals surface area contributed by atoms with Gasteiger partial charge in [0.1, 0.15) is 22.2 Å². The highest BCUT2D eigenvalue weighted by molar-refractivity contribution is 7.12. The number of halogens is 4. The number of carbonyl (C=O) groups excluding carboxylic acids is 1. The fourth-order valence-electron chi connectivity index (χ4n) is 5.40. The van der Waals surface area contributed by atoms with Crippen LogP contribution in [0.4, 0.5) is 17.6 Å². The second kappa shape index (κ2) is 10.5. The monoisotopic (exact) mass is 525 g/mol. The van der Waals surface area contributed by atoms with Crippen molar-refractivity contribution in [3.05, 3.63) is 39.3 Å². The summed E-state index contributed by atoms with van der Waals surface area (Å²) in [6, 6.07) is 0.346. The van der Waals surface area contributed by atoms with Gasteiger partial charge in [0.15, 0.2) is 5.78 Å². The minimum absolute atomic E-state index is 0.00862. The molecule has 0 spiro atoms. The van der Waals surface area contributed by atoms with Gasteiger partial charge in [0.25, 0.3) is 0 Å². The number of likely N-dealkylation sites (tertiary alicyclic amines) is 1. The molecule has 6 nitrogen and oxygen atoms in total. The Morgan fingerprint density at radius 1 is 1.31 bits per heavy atom. The molecule has 1 aromatic rings. The predicted molar refractivity (Wildman–Crippen MR) is 132 cm³/mol. The Kier molecular flexibility index (Phi) is 7.80. The quantitative estimate of drug-likeness (QED) is 0.237. The summed E-state index contributed by atoms with van der Waals surface area (Å²) in [5, 5.41) is 19.9. The van der Waals surface area contributed by atoms with Crippen molar-refractivity contribution >= 4 is 28.5 Å². The number of ketones is 1. The first-order valence-electron chi connectivity index (χ1n) is 12.3. The van der Waals surface area contributed by atoms with Gasteiger partial charge in [-0.1, -0.05) is 13.8 Å². The van der Waals surface area contributed by atoms with Crippen molar-refractivity contribution < 1.29 is 22.4 Å². The molecule has 4 rings (SSSR count). The van der Waals surface area contributed by atoms with Crippen LogP contribution in [0.25, 0.3) is 0 Å². The van der Waals surface area contributed by atoms with Crippen molar-refractivity contribution in [3.63, 3.8) is 0 Å². The number of rotatable bonds is 8. The highest BCUT2D eigenvalue weighted by Crippen LogP contribution is 2.39. The number of allylic oxidation sites excluding steroid dienone is 3. The number of thiazole rings is 1. The Hall–Kier alpha value is -2.40. The average molecular weight is 526 g/mol. The van der Waals surface area contributed by atoms with Crippen molar-refractivity contribution in [2.45, 2.75) is 58.2 Å². The first-order valence-corrected chi connectivity index (χ1v) is 13.1. The third kappa shape index (κ3) is 5.46. The molecule has 3 N–H and O–H groups in total. The van der Waals surface area contributed by atoms with Gasteiger partial charge in [-0.2, -0.15) is 13.2 Å². The summed E-state index contributed by atoms with van der Waals surface area (Å²) >= 11 is 0.919. The van der Waals surface area contributed by atoms with Gasteiger partial charge in [-0.15, -0.1) is 11.3 Å². The molecule has 0 radical (unpaired) electrons. The van der Waals surface area contributed by atoms with E-state index in [2.05, 4.69) is 15.2 Å². The van der Waals surface area contributed by atoms with Gasteiger partial charge in [-0.25, -0.2) is 9.37 Å². The van der Waals surface area contributed by atoms with Crippen molar-refractivity contribution in [2.75, 3.05) is 19.6 Å². The Morgan fingerprint density at radius 3 is 2.78 bits per heavy atom. The molecule has 0 saturated carbocycles. The second-order valence-electron chi connectivity index (χ2n) is 9.92. The summed E-state index contributed by atoms with van der Waals surface area (Å²) in [4.78, 5) is 19.5. The van der Waals surface area contributed by atoms with Crippen LogP contribution in [0.15, 0.2) is 28.6 Å². The third-order valence-electron chi connectivity index (χ3n) is 7.69. The number of alkyl halides is 3. The largest absolute Gasteiger partial charge is 0.429 e. The number of Topliss-reactive ketones (excluding diaryl/α,β-unsaturated/α-hetero) is 1. The first-order chi connectivity index (χ1) is 17.0. The Balaban J connectivity index is 1.50. The molecule has 4 atom stereocenters. The summed E-state index contributed by atoms with van der Waals surface area (Å²) in [5.74, 6) is -0.696. The molecule has 0 amide bonds. The lowest BCUT2D eigenvalue weighted by Gasteiger charge is -2.40. The van der Waals surface area contributed by atoms with E-state index in [1.165, 1.54) is 5.38 Å². The van der Waals surface area contributed by atoms with E-state index >= 15 is 4.39 Å². The highest BCUT2D eigenvalue weighted by atomic mass is 32.1. The molecule has 1 aliphatic carbocycles. The SMILES string of the molecule is CC(C(=O)c1csc(C(=N)CC(=N)C(F)(F)F)n1)C(C)C1=C(N2CCC3CCNC3C2)C(F)=CCC1. The van der Waals surface area contributed by atoms with Gasteiger partial charge in [0.05, 0.1) is 11.4 Å². The molecule has 2 aliphatic heterocycles. The first kappa shape index (κ1) is 26.7. The summed E-state index contributed by atoms with van der Waals surface area (Å²) < 4.78 is 53.1. The predicted octanol–water partition coefficient (Wildman–Crippen LogP) is 5.52. The van der Waals surface area contributed by atoms with E-state index in [1.54, 1.807) is 13.0 Å².